The number of fused-ring (bicyclic) bond motifs is 1. The Morgan fingerprint density at radius 1 is 1.33 bits per heavy atom. The first-order chi connectivity index (χ1) is 5.76. The first-order valence-corrected chi connectivity index (χ1v) is 3.96. The summed E-state index contributed by atoms with van der Waals surface area (Å²) in [4.78, 5) is 0. The fraction of sp³-hybridized carbons (Fsp3) is 0.182. The van der Waals surface area contributed by atoms with E-state index < -0.39 is 5.41 Å². The van der Waals surface area contributed by atoms with Crippen molar-refractivity contribution in [3.63, 3.8) is 0 Å². The van der Waals surface area contributed by atoms with Gasteiger partial charge in [-0.1, -0.05) is 36.4 Å². The molecule has 0 fully saturated rings. The lowest BCUT2D eigenvalue weighted by atomic mass is 9.87. The standard InChI is InChI=1S/C11H9N/c1-11(8-12)7-6-9-4-2-3-5-10(9)11/h2-7H,1H3/t11-/m1/s1. The number of rotatable bonds is 0. The van der Waals surface area contributed by atoms with Crippen LogP contribution in [0.2, 0.25) is 0 Å². The summed E-state index contributed by atoms with van der Waals surface area (Å²) in [5, 5.41) is 8.97. The molecule has 12 heavy (non-hydrogen) atoms. The van der Waals surface area contributed by atoms with Gasteiger partial charge in [-0.3, -0.25) is 0 Å². The van der Waals surface area contributed by atoms with Crippen molar-refractivity contribution < 1.29 is 0 Å². The van der Waals surface area contributed by atoms with Crippen LogP contribution in [0.1, 0.15) is 18.1 Å². The van der Waals surface area contributed by atoms with Crippen LogP contribution >= 0.6 is 0 Å². The molecule has 0 unspecified atom stereocenters. The van der Waals surface area contributed by atoms with Gasteiger partial charge in [-0.05, 0) is 18.1 Å². The van der Waals surface area contributed by atoms with E-state index in [0.717, 1.165) is 5.56 Å². The molecule has 2 rings (SSSR count). The second-order valence-corrected chi connectivity index (χ2v) is 3.23. The van der Waals surface area contributed by atoms with Gasteiger partial charge in [0.05, 0.1) is 11.5 Å². The molecule has 0 amide bonds. The quantitative estimate of drug-likeness (QED) is 0.564. The van der Waals surface area contributed by atoms with Gasteiger partial charge in [0.1, 0.15) is 0 Å². The zero-order valence-corrected chi connectivity index (χ0v) is 6.91. The number of benzene rings is 1. The van der Waals surface area contributed by atoms with Gasteiger partial charge >= 0.3 is 0 Å². The fourth-order valence-electron chi connectivity index (χ4n) is 1.56. The molecule has 0 spiro atoms. The minimum Gasteiger partial charge on any atom is -0.197 e. The highest BCUT2D eigenvalue weighted by Crippen LogP contribution is 2.34. The third-order valence-electron chi connectivity index (χ3n) is 2.35. The number of hydrogen-bond donors (Lipinski definition) is 0. The van der Waals surface area contributed by atoms with Crippen molar-refractivity contribution in [1.82, 2.24) is 0 Å². The van der Waals surface area contributed by atoms with Crippen LogP contribution in [-0.4, -0.2) is 0 Å². The van der Waals surface area contributed by atoms with Crippen molar-refractivity contribution in [2.24, 2.45) is 0 Å². The Kier molecular flexibility index (Phi) is 1.31. The van der Waals surface area contributed by atoms with Gasteiger partial charge < -0.3 is 0 Å². The molecule has 0 aliphatic heterocycles. The van der Waals surface area contributed by atoms with Crippen molar-refractivity contribution in [3.05, 3.63) is 41.5 Å². The molecule has 0 heterocycles. The first kappa shape index (κ1) is 7.12. The largest absolute Gasteiger partial charge is 0.197 e. The molecule has 0 bridgehead atoms. The molecule has 1 aromatic rings. The molecule has 1 aliphatic carbocycles. The van der Waals surface area contributed by atoms with E-state index in [1.54, 1.807) is 0 Å². The maximum absolute atomic E-state index is 8.97. The van der Waals surface area contributed by atoms with Crippen molar-refractivity contribution in [3.8, 4) is 6.07 Å². The summed E-state index contributed by atoms with van der Waals surface area (Å²) in [7, 11) is 0. The van der Waals surface area contributed by atoms with E-state index in [4.69, 9.17) is 5.26 Å². The van der Waals surface area contributed by atoms with Crippen molar-refractivity contribution in [1.29, 1.82) is 5.26 Å². The molecule has 1 aromatic carbocycles. The van der Waals surface area contributed by atoms with Crippen molar-refractivity contribution >= 4 is 6.08 Å². The minimum absolute atomic E-state index is 0.406. The van der Waals surface area contributed by atoms with E-state index in [1.165, 1.54) is 5.56 Å². The lowest BCUT2D eigenvalue weighted by Gasteiger charge is -2.13. The Morgan fingerprint density at radius 3 is 2.83 bits per heavy atom. The van der Waals surface area contributed by atoms with Crippen LogP contribution in [0.5, 0.6) is 0 Å². The summed E-state index contributed by atoms with van der Waals surface area (Å²) in [5.41, 5.74) is 1.88. The van der Waals surface area contributed by atoms with Crippen LogP contribution in [-0.2, 0) is 5.41 Å². The molecule has 0 N–H and O–H groups in total. The van der Waals surface area contributed by atoms with Crippen LogP contribution in [0.25, 0.3) is 6.08 Å². The lowest BCUT2D eigenvalue weighted by Crippen LogP contribution is -2.13. The van der Waals surface area contributed by atoms with E-state index in [2.05, 4.69) is 6.07 Å². The Labute approximate surface area is 72.0 Å². The zero-order valence-electron chi connectivity index (χ0n) is 6.91. The van der Waals surface area contributed by atoms with E-state index in [9.17, 15) is 0 Å². The number of nitrogens with zero attached hydrogens (tertiary/aromatic N) is 1. The summed E-state index contributed by atoms with van der Waals surface area (Å²) < 4.78 is 0. The van der Waals surface area contributed by atoms with Crippen molar-refractivity contribution in [2.75, 3.05) is 0 Å². The van der Waals surface area contributed by atoms with Gasteiger partial charge in [-0.2, -0.15) is 5.26 Å². The Balaban J connectivity index is 2.65. The van der Waals surface area contributed by atoms with Crippen LogP contribution in [0.4, 0.5) is 0 Å². The van der Waals surface area contributed by atoms with Gasteiger partial charge in [-0.15, -0.1) is 0 Å². The second kappa shape index (κ2) is 2.22. The molecule has 1 heteroatoms. The van der Waals surface area contributed by atoms with Gasteiger partial charge in [0.15, 0.2) is 0 Å². The molecule has 0 saturated heterocycles. The molecule has 1 atom stereocenters. The molecule has 0 aromatic heterocycles. The average Bonchev–Trinajstić information content (AvgIpc) is 2.46. The topological polar surface area (TPSA) is 23.8 Å². The highest BCUT2D eigenvalue weighted by atomic mass is 14.4. The maximum atomic E-state index is 8.97. The average molecular weight is 155 g/mol. The molecular weight excluding hydrogens is 146 g/mol. The van der Waals surface area contributed by atoms with Crippen LogP contribution < -0.4 is 0 Å². The Bertz CT molecular complexity index is 384. The van der Waals surface area contributed by atoms with Gasteiger partial charge in [0.2, 0.25) is 0 Å². The summed E-state index contributed by atoms with van der Waals surface area (Å²) in [6.07, 6.45) is 3.97. The normalized spacial score (nSPS) is 25.0. The molecule has 58 valence electrons. The van der Waals surface area contributed by atoms with Gasteiger partial charge in [0, 0.05) is 0 Å². The predicted molar refractivity (Wildman–Crippen MR) is 48.4 cm³/mol. The van der Waals surface area contributed by atoms with Crippen LogP contribution in [0.15, 0.2) is 30.3 Å². The van der Waals surface area contributed by atoms with E-state index in [1.807, 2.05) is 43.3 Å². The van der Waals surface area contributed by atoms with E-state index >= 15 is 0 Å². The highest BCUT2D eigenvalue weighted by molar-refractivity contribution is 5.67. The van der Waals surface area contributed by atoms with Crippen molar-refractivity contribution in [2.45, 2.75) is 12.3 Å². The summed E-state index contributed by atoms with van der Waals surface area (Å²) in [5.74, 6) is 0. The molecule has 0 radical (unpaired) electrons. The van der Waals surface area contributed by atoms with E-state index in [-0.39, 0.29) is 0 Å². The van der Waals surface area contributed by atoms with Gasteiger partial charge in [0.25, 0.3) is 0 Å². The third-order valence-corrected chi connectivity index (χ3v) is 2.35. The third kappa shape index (κ3) is 0.785. The molecule has 1 aliphatic rings. The van der Waals surface area contributed by atoms with E-state index in [0.29, 0.717) is 0 Å². The second-order valence-electron chi connectivity index (χ2n) is 3.23. The lowest BCUT2D eigenvalue weighted by molar-refractivity contribution is 0.791. The van der Waals surface area contributed by atoms with Gasteiger partial charge in [-0.25, -0.2) is 0 Å². The number of nitriles is 1. The number of allylic oxidation sites excluding steroid dienone is 1. The number of hydrogen-bond acceptors (Lipinski definition) is 1. The minimum atomic E-state index is -0.406. The smallest absolute Gasteiger partial charge is 0.0983 e. The zero-order chi connectivity index (χ0) is 8.60. The summed E-state index contributed by atoms with van der Waals surface area (Å²) >= 11 is 0. The monoisotopic (exact) mass is 155 g/mol. The Morgan fingerprint density at radius 2 is 2.08 bits per heavy atom. The SMILES string of the molecule is C[C@]1(C#N)C=Cc2ccccc21. The van der Waals surface area contributed by atoms with Crippen LogP contribution in [0.3, 0.4) is 0 Å². The highest BCUT2D eigenvalue weighted by Gasteiger charge is 2.28. The molecule has 1 nitrogen and oxygen atoms in total. The Hall–Kier alpha value is -1.55. The molecular formula is C11H9N. The first-order valence-electron chi connectivity index (χ1n) is 3.96. The summed E-state index contributed by atoms with van der Waals surface area (Å²) in [6, 6.07) is 10.3. The predicted octanol–water partition coefficient (Wildman–Crippen LogP) is 2.49. The molecule has 0 saturated carbocycles. The summed E-state index contributed by atoms with van der Waals surface area (Å²) in [6.45, 7) is 1.94. The fourth-order valence-corrected chi connectivity index (χ4v) is 1.56. The van der Waals surface area contributed by atoms with Crippen LogP contribution in [0, 0.1) is 11.3 Å². The maximum Gasteiger partial charge on any atom is 0.0983 e.